The van der Waals surface area contributed by atoms with E-state index in [1.807, 2.05) is 18.2 Å². The quantitative estimate of drug-likeness (QED) is 0.691. The molecule has 1 heterocycles. The van der Waals surface area contributed by atoms with E-state index in [0.29, 0.717) is 24.1 Å². The number of hydrogen-bond acceptors (Lipinski definition) is 5. The molecule has 138 valence electrons. The van der Waals surface area contributed by atoms with Gasteiger partial charge < -0.3 is 19.5 Å². The number of hydrogen-bond donors (Lipinski definition) is 1. The molecule has 1 aromatic carbocycles. The number of nitrogens with one attached hydrogen (secondary N) is 1. The highest BCUT2D eigenvalue weighted by Gasteiger charge is 2.23. The van der Waals surface area contributed by atoms with E-state index in [1.54, 1.807) is 33.5 Å². The summed E-state index contributed by atoms with van der Waals surface area (Å²) in [7, 11) is 4.90. The predicted molar refractivity (Wildman–Crippen MR) is 98.1 cm³/mol. The summed E-state index contributed by atoms with van der Waals surface area (Å²) in [4.78, 5) is 14.5. The first-order valence-corrected chi connectivity index (χ1v) is 8.59. The second kappa shape index (κ2) is 10.1. The van der Waals surface area contributed by atoms with E-state index in [1.165, 1.54) is 6.42 Å². The van der Waals surface area contributed by atoms with Crippen LogP contribution in [0.4, 0.5) is 0 Å². The van der Waals surface area contributed by atoms with Gasteiger partial charge in [0.15, 0.2) is 11.5 Å². The van der Waals surface area contributed by atoms with Crippen molar-refractivity contribution >= 4 is 12.0 Å². The molecule has 0 spiro atoms. The Bertz CT molecular complexity index is 589. The molecule has 0 bridgehead atoms. The lowest BCUT2D eigenvalue weighted by atomic mass is 10.2. The fourth-order valence-electron chi connectivity index (χ4n) is 3.03. The molecule has 0 radical (unpaired) electrons. The third-order valence-corrected chi connectivity index (χ3v) is 4.43. The largest absolute Gasteiger partial charge is 0.493 e. The van der Waals surface area contributed by atoms with E-state index in [4.69, 9.17) is 14.2 Å². The molecule has 0 unspecified atom stereocenters. The Morgan fingerprint density at radius 2 is 2.08 bits per heavy atom. The van der Waals surface area contributed by atoms with Gasteiger partial charge in [-0.05, 0) is 43.2 Å². The number of likely N-dealkylation sites (tertiary alicyclic amines) is 1. The maximum absolute atomic E-state index is 12.1. The minimum absolute atomic E-state index is 0.0895. The number of amides is 1. The van der Waals surface area contributed by atoms with E-state index < -0.39 is 0 Å². The van der Waals surface area contributed by atoms with Gasteiger partial charge in [-0.25, -0.2) is 0 Å². The number of methoxy groups -OCH3 is 3. The SMILES string of the molecule is COCCN1CCC[C@@H]1CNC(=O)/C=C/c1ccc(OC)c(OC)c1. The summed E-state index contributed by atoms with van der Waals surface area (Å²) in [5, 5.41) is 2.99. The average Bonchev–Trinajstić information content (AvgIpc) is 3.09. The summed E-state index contributed by atoms with van der Waals surface area (Å²) in [6.45, 7) is 3.38. The molecule has 1 aromatic rings. The molecule has 1 aliphatic rings. The van der Waals surface area contributed by atoms with Crippen LogP contribution in [0.15, 0.2) is 24.3 Å². The zero-order chi connectivity index (χ0) is 18.1. The molecule has 0 saturated carbocycles. The first-order valence-electron chi connectivity index (χ1n) is 8.59. The molecule has 1 saturated heterocycles. The van der Waals surface area contributed by atoms with Gasteiger partial charge in [0.05, 0.1) is 20.8 Å². The van der Waals surface area contributed by atoms with Crippen molar-refractivity contribution in [2.45, 2.75) is 18.9 Å². The Balaban J connectivity index is 1.84. The van der Waals surface area contributed by atoms with E-state index in [-0.39, 0.29) is 5.91 Å². The van der Waals surface area contributed by atoms with Gasteiger partial charge in [0.1, 0.15) is 0 Å². The molecule has 1 fully saturated rings. The van der Waals surface area contributed by atoms with Gasteiger partial charge in [-0.3, -0.25) is 9.69 Å². The Labute approximate surface area is 149 Å². The zero-order valence-corrected chi connectivity index (χ0v) is 15.3. The first kappa shape index (κ1) is 19.3. The minimum atomic E-state index is -0.0895. The fraction of sp³-hybridized carbons (Fsp3) is 0.526. The summed E-state index contributed by atoms with van der Waals surface area (Å²) >= 11 is 0. The smallest absolute Gasteiger partial charge is 0.244 e. The lowest BCUT2D eigenvalue weighted by Gasteiger charge is -2.24. The van der Waals surface area contributed by atoms with Crippen LogP contribution < -0.4 is 14.8 Å². The molecule has 0 aromatic heterocycles. The topological polar surface area (TPSA) is 60.0 Å². The second-order valence-corrected chi connectivity index (χ2v) is 6.02. The van der Waals surface area contributed by atoms with Crippen LogP contribution in [0.2, 0.25) is 0 Å². The molecule has 0 aliphatic carbocycles. The van der Waals surface area contributed by atoms with Crippen molar-refractivity contribution in [2.75, 3.05) is 47.6 Å². The van der Waals surface area contributed by atoms with Crippen LogP contribution in [-0.2, 0) is 9.53 Å². The molecule has 2 rings (SSSR count). The summed E-state index contributed by atoms with van der Waals surface area (Å²) in [6, 6.07) is 5.94. The normalized spacial score (nSPS) is 17.8. The molecule has 25 heavy (non-hydrogen) atoms. The van der Waals surface area contributed by atoms with Gasteiger partial charge in [0.25, 0.3) is 0 Å². The number of carbonyl (C=O) groups excluding carboxylic acids is 1. The molecular weight excluding hydrogens is 320 g/mol. The number of carbonyl (C=O) groups is 1. The number of nitrogens with zero attached hydrogens (tertiary/aromatic N) is 1. The van der Waals surface area contributed by atoms with Gasteiger partial charge in [0.2, 0.25) is 5.91 Å². The Kier molecular flexibility index (Phi) is 7.76. The highest BCUT2D eigenvalue weighted by Crippen LogP contribution is 2.27. The Morgan fingerprint density at radius 3 is 2.80 bits per heavy atom. The summed E-state index contributed by atoms with van der Waals surface area (Å²) in [6.07, 6.45) is 5.61. The number of benzene rings is 1. The predicted octanol–water partition coefficient (Wildman–Crippen LogP) is 1.94. The van der Waals surface area contributed by atoms with Crippen molar-refractivity contribution in [1.29, 1.82) is 0 Å². The highest BCUT2D eigenvalue weighted by atomic mass is 16.5. The second-order valence-electron chi connectivity index (χ2n) is 6.02. The molecular formula is C19H28N2O4. The summed E-state index contributed by atoms with van der Waals surface area (Å²) in [5.41, 5.74) is 0.885. The molecule has 6 nitrogen and oxygen atoms in total. The van der Waals surface area contributed by atoms with Crippen LogP contribution in [0.3, 0.4) is 0 Å². The number of rotatable bonds is 9. The van der Waals surface area contributed by atoms with Gasteiger partial charge in [-0.1, -0.05) is 6.07 Å². The van der Waals surface area contributed by atoms with Crippen LogP contribution in [0.1, 0.15) is 18.4 Å². The molecule has 6 heteroatoms. The third-order valence-electron chi connectivity index (χ3n) is 4.43. The zero-order valence-electron chi connectivity index (χ0n) is 15.3. The van der Waals surface area contributed by atoms with Gasteiger partial charge >= 0.3 is 0 Å². The maximum Gasteiger partial charge on any atom is 0.244 e. The average molecular weight is 348 g/mol. The standard InChI is InChI=1S/C19H28N2O4/c1-23-12-11-21-10-4-5-16(21)14-20-19(22)9-7-15-6-8-17(24-2)18(13-15)25-3/h6-9,13,16H,4-5,10-12,14H2,1-3H3,(H,20,22)/b9-7+/t16-/m1/s1. The molecule has 1 atom stereocenters. The van der Waals surface area contributed by atoms with Crippen molar-refractivity contribution in [1.82, 2.24) is 10.2 Å². The summed E-state index contributed by atoms with van der Waals surface area (Å²) in [5.74, 6) is 1.22. The van der Waals surface area contributed by atoms with Gasteiger partial charge in [-0.15, -0.1) is 0 Å². The molecule has 1 amide bonds. The van der Waals surface area contributed by atoms with Crippen molar-refractivity contribution in [3.63, 3.8) is 0 Å². The van der Waals surface area contributed by atoms with Gasteiger partial charge in [0, 0.05) is 32.3 Å². The van der Waals surface area contributed by atoms with Crippen LogP contribution in [0, 0.1) is 0 Å². The van der Waals surface area contributed by atoms with Crippen molar-refractivity contribution < 1.29 is 19.0 Å². The first-order chi connectivity index (χ1) is 12.2. The van der Waals surface area contributed by atoms with E-state index in [9.17, 15) is 4.79 Å². The van der Waals surface area contributed by atoms with Crippen LogP contribution in [-0.4, -0.2) is 64.4 Å². The van der Waals surface area contributed by atoms with E-state index >= 15 is 0 Å². The maximum atomic E-state index is 12.1. The fourth-order valence-corrected chi connectivity index (χ4v) is 3.03. The van der Waals surface area contributed by atoms with Crippen molar-refractivity contribution in [3.8, 4) is 11.5 Å². The monoisotopic (exact) mass is 348 g/mol. The van der Waals surface area contributed by atoms with Crippen LogP contribution in [0.5, 0.6) is 11.5 Å². The van der Waals surface area contributed by atoms with Crippen LogP contribution >= 0.6 is 0 Å². The third kappa shape index (κ3) is 5.76. The minimum Gasteiger partial charge on any atom is -0.493 e. The van der Waals surface area contributed by atoms with Gasteiger partial charge in [-0.2, -0.15) is 0 Å². The highest BCUT2D eigenvalue weighted by molar-refractivity contribution is 5.91. The Morgan fingerprint density at radius 1 is 1.28 bits per heavy atom. The number of ether oxygens (including phenoxy) is 3. The lowest BCUT2D eigenvalue weighted by Crippen LogP contribution is -2.41. The van der Waals surface area contributed by atoms with Crippen LogP contribution in [0.25, 0.3) is 6.08 Å². The van der Waals surface area contributed by atoms with Crippen molar-refractivity contribution in [3.05, 3.63) is 29.8 Å². The lowest BCUT2D eigenvalue weighted by molar-refractivity contribution is -0.116. The van der Waals surface area contributed by atoms with Crippen molar-refractivity contribution in [2.24, 2.45) is 0 Å². The summed E-state index contributed by atoms with van der Waals surface area (Å²) < 4.78 is 15.6. The molecule has 1 N–H and O–H groups in total. The van der Waals surface area contributed by atoms with E-state index in [2.05, 4.69) is 10.2 Å². The van der Waals surface area contributed by atoms with E-state index in [0.717, 1.165) is 31.7 Å². The Hall–Kier alpha value is -2.05. The molecule has 1 aliphatic heterocycles.